The first-order valence-corrected chi connectivity index (χ1v) is 8.83. The number of benzene rings is 1. The van der Waals surface area contributed by atoms with Crippen LogP contribution < -0.4 is 15.4 Å². The van der Waals surface area contributed by atoms with Crippen LogP contribution in [-0.4, -0.2) is 24.1 Å². The van der Waals surface area contributed by atoms with Gasteiger partial charge in [-0.1, -0.05) is 17.7 Å². The standard InChI is InChI=1S/C17H22F2N4OS/c1-4-20-17(22-9-15-12(3)23-10-25-15)21-8-13-7-11(2)5-6-14(13)24-16(18)19/h5-7,10,16H,4,8-9H2,1-3H3,(H2,20,21,22). The number of hydrogen-bond donors (Lipinski definition) is 2. The maximum Gasteiger partial charge on any atom is 0.387 e. The topological polar surface area (TPSA) is 58.5 Å². The third kappa shape index (κ3) is 5.97. The van der Waals surface area contributed by atoms with Crippen LogP contribution >= 0.6 is 11.3 Å². The minimum atomic E-state index is -2.86. The van der Waals surface area contributed by atoms with E-state index in [2.05, 4.69) is 25.3 Å². The molecule has 136 valence electrons. The van der Waals surface area contributed by atoms with E-state index in [1.807, 2.05) is 20.8 Å². The van der Waals surface area contributed by atoms with E-state index >= 15 is 0 Å². The average molecular weight is 368 g/mol. The Kier molecular flexibility index (Phi) is 7.12. The highest BCUT2D eigenvalue weighted by atomic mass is 32.1. The fourth-order valence-electron chi connectivity index (χ4n) is 2.21. The van der Waals surface area contributed by atoms with Crippen molar-refractivity contribution in [2.45, 2.75) is 40.5 Å². The summed E-state index contributed by atoms with van der Waals surface area (Å²) in [6, 6.07) is 5.09. The number of nitrogens with one attached hydrogen (secondary N) is 2. The van der Waals surface area contributed by atoms with Crippen molar-refractivity contribution in [3.63, 3.8) is 0 Å². The zero-order valence-electron chi connectivity index (χ0n) is 14.5. The maximum absolute atomic E-state index is 12.5. The third-order valence-corrected chi connectivity index (χ3v) is 4.38. The van der Waals surface area contributed by atoms with Crippen LogP contribution in [-0.2, 0) is 13.1 Å². The molecule has 2 rings (SSSR count). The predicted octanol–water partition coefficient (Wildman–Crippen LogP) is 3.62. The van der Waals surface area contributed by atoms with Gasteiger partial charge in [-0.15, -0.1) is 11.3 Å². The molecule has 1 aromatic heterocycles. The summed E-state index contributed by atoms with van der Waals surface area (Å²) < 4.78 is 29.7. The van der Waals surface area contributed by atoms with Gasteiger partial charge in [0, 0.05) is 17.0 Å². The van der Waals surface area contributed by atoms with Crippen LogP contribution in [0.4, 0.5) is 8.78 Å². The maximum atomic E-state index is 12.5. The molecule has 0 aliphatic heterocycles. The molecule has 0 aliphatic carbocycles. The van der Waals surface area contributed by atoms with Gasteiger partial charge in [0.2, 0.25) is 0 Å². The van der Waals surface area contributed by atoms with Gasteiger partial charge in [0.15, 0.2) is 5.96 Å². The monoisotopic (exact) mass is 368 g/mol. The molecule has 1 aromatic carbocycles. The van der Waals surface area contributed by atoms with E-state index in [1.165, 1.54) is 0 Å². The van der Waals surface area contributed by atoms with E-state index in [4.69, 9.17) is 0 Å². The summed E-state index contributed by atoms with van der Waals surface area (Å²) >= 11 is 1.58. The Hall–Kier alpha value is -2.22. The van der Waals surface area contributed by atoms with Crippen molar-refractivity contribution in [3.05, 3.63) is 45.4 Å². The molecule has 25 heavy (non-hydrogen) atoms. The van der Waals surface area contributed by atoms with Gasteiger partial charge < -0.3 is 15.4 Å². The summed E-state index contributed by atoms with van der Waals surface area (Å²) in [4.78, 5) is 9.82. The lowest BCUT2D eigenvalue weighted by Gasteiger charge is -2.13. The Balaban J connectivity index is 2.09. The molecule has 0 amide bonds. The minimum absolute atomic E-state index is 0.151. The summed E-state index contributed by atoms with van der Waals surface area (Å²) in [5.41, 5.74) is 4.37. The van der Waals surface area contributed by atoms with Crippen LogP contribution in [0.2, 0.25) is 0 Å². The molecule has 0 aliphatic rings. The molecular weight excluding hydrogens is 346 g/mol. The van der Waals surface area contributed by atoms with Gasteiger partial charge in [0.25, 0.3) is 0 Å². The van der Waals surface area contributed by atoms with Gasteiger partial charge >= 0.3 is 6.61 Å². The summed E-state index contributed by atoms with van der Waals surface area (Å²) in [5.74, 6) is 0.762. The van der Waals surface area contributed by atoms with E-state index in [-0.39, 0.29) is 12.3 Å². The molecule has 0 unspecified atom stereocenters. The number of aromatic nitrogens is 1. The average Bonchev–Trinajstić information content (AvgIpc) is 2.97. The van der Waals surface area contributed by atoms with Crippen LogP contribution in [0.3, 0.4) is 0 Å². The largest absolute Gasteiger partial charge is 0.434 e. The minimum Gasteiger partial charge on any atom is -0.434 e. The molecule has 0 radical (unpaired) electrons. The van der Waals surface area contributed by atoms with Crippen LogP contribution in [0.25, 0.3) is 0 Å². The van der Waals surface area contributed by atoms with E-state index in [9.17, 15) is 8.78 Å². The number of guanidine groups is 1. The quantitative estimate of drug-likeness (QED) is 0.579. The van der Waals surface area contributed by atoms with E-state index < -0.39 is 6.61 Å². The van der Waals surface area contributed by atoms with Crippen molar-refractivity contribution >= 4 is 17.3 Å². The molecule has 2 aromatic rings. The first-order chi connectivity index (χ1) is 12.0. The number of thiazole rings is 1. The van der Waals surface area contributed by atoms with Gasteiger partial charge in [-0.3, -0.25) is 0 Å². The number of aliphatic imine (C=N–C) groups is 1. The predicted molar refractivity (Wildman–Crippen MR) is 96.3 cm³/mol. The molecular formula is C17H22F2N4OS. The Morgan fingerprint density at radius 3 is 2.76 bits per heavy atom. The molecule has 1 heterocycles. The van der Waals surface area contributed by atoms with Crippen molar-refractivity contribution < 1.29 is 13.5 Å². The van der Waals surface area contributed by atoms with Gasteiger partial charge in [0.05, 0.1) is 24.3 Å². The first kappa shape index (κ1) is 19.1. The zero-order chi connectivity index (χ0) is 18.2. The number of halogens is 2. The second kappa shape index (κ2) is 9.31. The lowest BCUT2D eigenvalue weighted by Crippen LogP contribution is -2.36. The highest BCUT2D eigenvalue weighted by Crippen LogP contribution is 2.23. The number of nitrogens with zero attached hydrogens (tertiary/aromatic N) is 2. The number of hydrogen-bond acceptors (Lipinski definition) is 4. The summed E-state index contributed by atoms with van der Waals surface area (Å²) in [6.07, 6.45) is 0. The van der Waals surface area contributed by atoms with Crippen molar-refractivity contribution in [2.24, 2.45) is 4.99 Å². The molecule has 0 spiro atoms. The van der Waals surface area contributed by atoms with Crippen molar-refractivity contribution in [3.8, 4) is 5.75 Å². The molecule has 0 atom stereocenters. The molecule has 0 bridgehead atoms. The van der Waals surface area contributed by atoms with Gasteiger partial charge in [0.1, 0.15) is 5.75 Å². The Morgan fingerprint density at radius 2 is 2.12 bits per heavy atom. The lowest BCUT2D eigenvalue weighted by molar-refractivity contribution is -0.0504. The SMILES string of the molecule is CCNC(=NCc1cc(C)ccc1OC(F)F)NCc1scnc1C. The van der Waals surface area contributed by atoms with Crippen LogP contribution in [0.15, 0.2) is 28.7 Å². The number of alkyl halides is 2. The second-order valence-electron chi connectivity index (χ2n) is 5.40. The van der Waals surface area contributed by atoms with E-state index in [0.717, 1.165) is 16.1 Å². The highest BCUT2D eigenvalue weighted by molar-refractivity contribution is 7.09. The molecule has 0 fully saturated rings. The van der Waals surface area contributed by atoms with Gasteiger partial charge in [-0.05, 0) is 26.8 Å². The summed E-state index contributed by atoms with van der Waals surface area (Å²) in [5, 5.41) is 6.37. The van der Waals surface area contributed by atoms with Gasteiger partial charge in [-0.2, -0.15) is 8.78 Å². The van der Waals surface area contributed by atoms with E-state index in [0.29, 0.717) is 24.6 Å². The second-order valence-corrected chi connectivity index (χ2v) is 6.34. The summed E-state index contributed by atoms with van der Waals surface area (Å²) in [7, 11) is 0. The first-order valence-electron chi connectivity index (χ1n) is 7.95. The highest BCUT2D eigenvalue weighted by Gasteiger charge is 2.10. The smallest absolute Gasteiger partial charge is 0.387 e. The number of rotatable bonds is 7. The lowest BCUT2D eigenvalue weighted by atomic mass is 10.1. The molecule has 8 heteroatoms. The Labute approximate surface area is 150 Å². The van der Waals surface area contributed by atoms with Crippen molar-refractivity contribution in [2.75, 3.05) is 6.54 Å². The van der Waals surface area contributed by atoms with Crippen LogP contribution in [0, 0.1) is 13.8 Å². The number of ether oxygens (including phenoxy) is 1. The zero-order valence-corrected chi connectivity index (χ0v) is 15.3. The molecule has 5 nitrogen and oxygen atoms in total. The van der Waals surface area contributed by atoms with E-state index in [1.54, 1.807) is 35.0 Å². The normalized spacial score (nSPS) is 11.7. The van der Waals surface area contributed by atoms with Gasteiger partial charge in [-0.25, -0.2) is 9.98 Å². The summed E-state index contributed by atoms with van der Waals surface area (Å²) in [6.45, 7) is 4.51. The van der Waals surface area contributed by atoms with Crippen molar-refractivity contribution in [1.82, 2.24) is 15.6 Å². The third-order valence-electron chi connectivity index (χ3n) is 3.45. The fraction of sp³-hybridized carbons (Fsp3) is 0.412. The fourth-order valence-corrected chi connectivity index (χ4v) is 2.93. The molecule has 0 saturated carbocycles. The van der Waals surface area contributed by atoms with Crippen LogP contribution in [0.5, 0.6) is 5.75 Å². The number of aryl methyl sites for hydroxylation is 2. The van der Waals surface area contributed by atoms with Crippen molar-refractivity contribution in [1.29, 1.82) is 0 Å². The molecule has 2 N–H and O–H groups in total. The molecule has 0 saturated heterocycles. The Bertz CT molecular complexity index is 718. The van der Waals surface area contributed by atoms with Crippen LogP contribution in [0.1, 0.15) is 28.6 Å². The Morgan fingerprint density at radius 1 is 1.32 bits per heavy atom.